The summed E-state index contributed by atoms with van der Waals surface area (Å²) in [6.07, 6.45) is 0.883. The number of carbonyl (C=O) groups is 2. The van der Waals surface area contributed by atoms with Gasteiger partial charge in [-0.05, 0) is 61.5 Å². The van der Waals surface area contributed by atoms with E-state index in [4.69, 9.17) is 11.6 Å². The molecule has 1 aliphatic heterocycles. The monoisotopic (exact) mass is 328 g/mol. The molecule has 0 aliphatic carbocycles. The van der Waals surface area contributed by atoms with Crippen LogP contribution in [0.4, 0.5) is 5.69 Å². The van der Waals surface area contributed by atoms with Crippen LogP contribution in [0.15, 0.2) is 48.5 Å². The molecule has 2 aromatic rings. The smallest absolute Gasteiger partial charge is 0.255 e. The molecule has 0 aromatic heterocycles. The molecule has 1 atom stereocenters. The first-order valence-corrected chi connectivity index (χ1v) is 7.93. The maximum absolute atomic E-state index is 12.3. The molecule has 1 heterocycles. The van der Waals surface area contributed by atoms with Crippen molar-refractivity contribution in [3.05, 3.63) is 64.7 Å². The number of Topliss-reactive ketones (excluding diaryl/α,β-unsaturated/α-hetero) is 1. The normalized spacial score (nSPS) is 17.0. The van der Waals surface area contributed by atoms with Crippen molar-refractivity contribution in [3.63, 3.8) is 0 Å². The van der Waals surface area contributed by atoms with Crippen LogP contribution in [-0.2, 0) is 0 Å². The Hall–Kier alpha value is -2.17. The third-order valence-electron chi connectivity index (χ3n) is 3.96. The average Bonchev–Trinajstić information content (AvgIpc) is 3.10. The van der Waals surface area contributed by atoms with Gasteiger partial charge in [0.1, 0.15) is 0 Å². The third kappa shape index (κ3) is 3.78. The minimum absolute atomic E-state index is 0.0597. The van der Waals surface area contributed by atoms with E-state index in [1.54, 1.807) is 48.5 Å². The average molecular weight is 329 g/mol. The zero-order valence-corrected chi connectivity index (χ0v) is 13.3. The number of nitrogens with one attached hydrogen (secondary N) is 2. The van der Waals surface area contributed by atoms with Crippen LogP contribution in [0.5, 0.6) is 0 Å². The number of hydrogen-bond acceptors (Lipinski definition) is 3. The fourth-order valence-corrected chi connectivity index (χ4v) is 2.76. The summed E-state index contributed by atoms with van der Waals surface area (Å²) in [6, 6.07) is 13.7. The molecule has 118 valence electrons. The zero-order valence-electron chi connectivity index (χ0n) is 12.5. The van der Waals surface area contributed by atoms with Crippen molar-refractivity contribution in [2.24, 2.45) is 5.92 Å². The Bertz CT molecular complexity index is 705. The molecular formula is C18H17ClN2O2. The Morgan fingerprint density at radius 3 is 2.26 bits per heavy atom. The van der Waals surface area contributed by atoms with Crippen LogP contribution >= 0.6 is 11.6 Å². The molecule has 1 saturated heterocycles. The summed E-state index contributed by atoms with van der Waals surface area (Å²) in [6.45, 7) is 1.64. The molecule has 1 fully saturated rings. The molecule has 0 radical (unpaired) electrons. The van der Waals surface area contributed by atoms with Gasteiger partial charge in [0.25, 0.3) is 5.91 Å². The van der Waals surface area contributed by atoms with Crippen molar-refractivity contribution in [2.45, 2.75) is 6.42 Å². The van der Waals surface area contributed by atoms with Crippen molar-refractivity contribution >= 4 is 29.0 Å². The van der Waals surface area contributed by atoms with Gasteiger partial charge in [-0.3, -0.25) is 9.59 Å². The summed E-state index contributed by atoms with van der Waals surface area (Å²) >= 11 is 5.81. The minimum atomic E-state index is -0.208. The van der Waals surface area contributed by atoms with Gasteiger partial charge in [-0.25, -0.2) is 0 Å². The summed E-state index contributed by atoms with van der Waals surface area (Å²) < 4.78 is 0. The standard InChI is InChI=1S/C18H17ClN2O2/c19-15-5-1-13(2-6-15)18(23)21-16-7-3-12(4-8-16)17(22)14-9-10-20-11-14/h1-8,14,20H,9-11H2,(H,21,23)/t14-/m1/s1. The molecule has 2 N–H and O–H groups in total. The number of carbonyl (C=O) groups excluding carboxylic acids is 2. The van der Waals surface area contributed by atoms with Crippen LogP contribution in [0.2, 0.25) is 5.02 Å². The number of rotatable bonds is 4. The van der Waals surface area contributed by atoms with E-state index >= 15 is 0 Å². The summed E-state index contributed by atoms with van der Waals surface area (Å²) in [5, 5.41) is 6.59. The predicted octanol–water partition coefficient (Wildman–Crippen LogP) is 3.38. The van der Waals surface area contributed by atoms with Gasteiger partial charge in [0.2, 0.25) is 0 Å². The van der Waals surface area contributed by atoms with E-state index in [0.29, 0.717) is 21.8 Å². The number of hydrogen-bond donors (Lipinski definition) is 2. The van der Waals surface area contributed by atoms with E-state index in [0.717, 1.165) is 19.5 Å². The molecule has 0 spiro atoms. The van der Waals surface area contributed by atoms with Gasteiger partial charge in [0.15, 0.2) is 5.78 Å². The lowest BCUT2D eigenvalue weighted by Gasteiger charge is -2.09. The predicted molar refractivity (Wildman–Crippen MR) is 91.2 cm³/mol. The summed E-state index contributed by atoms with van der Waals surface area (Å²) in [5.41, 5.74) is 1.88. The third-order valence-corrected chi connectivity index (χ3v) is 4.22. The molecule has 0 bridgehead atoms. The highest BCUT2D eigenvalue weighted by Gasteiger charge is 2.23. The van der Waals surface area contributed by atoms with Crippen molar-refractivity contribution in [1.82, 2.24) is 5.32 Å². The van der Waals surface area contributed by atoms with Crippen LogP contribution in [0, 0.1) is 5.92 Å². The lowest BCUT2D eigenvalue weighted by molar-refractivity contribution is 0.0930. The van der Waals surface area contributed by atoms with Crippen molar-refractivity contribution in [3.8, 4) is 0 Å². The lowest BCUT2D eigenvalue weighted by Crippen LogP contribution is -2.18. The minimum Gasteiger partial charge on any atom is -0.322 e. The Morgan fingerprint density at radius 1 is 1.00 bits per heavy atom. The molecule has 5 heteroatoms. The number of benzene rings is 2. The second-order valence-electron chi connectivity index (χ2n) is 5.59. The topological polar surface area (TPSA) is 58.2 Å². The van der Waals surface area contributed by atoms with Crippen LogP contribution in [0.1, 0.15) is 27.1 Å². The molecule has 0 unspecified atom stereocenters. The highest BCUT2D eigenvalue weighted by molar-refractivity contribution is 6.30. The SMILES string of the molecule is O=C(Nc1ccc(C(=O)[C@@H]2CCNC2)cc1)c1ccc(Cl)cc1. The van der Waals surface area contributed by atoms with E-state index in [2.05, 4.69) is 10.6 Å². The Morgan fingerprint density at radius 2 is 1.65 bits per heavy atom. The van der Waals surface area contributed by atoms with E-state index < -0.39 is 0 Å². The second kappa shape index (κ2) is 6.94. The highest BCUT2D eigenvalue weighted by atomic mass is 35.5. The number of anilines is 1. The Kier molecular flexibility index (Phi) is 4.74. The van der Waals surface area contributed by atoms with E-state index in [-0.39, 0.29) is 17.6 Å². The van der Waals surface area contributed by atoms with Gasteiger partial charge in [0.05, 0.1) is 0 Å². The van der Waals surface area contributed by atoms with Crippen molar-refractivity contribution in [2.75, 3.05) is 18.4 Å². The fraction of sp³-hybridized carbons (Fsp3) is 0.222. The van der Waals surface area contributed by atoms with Gasteiger partial charge in [-0.1, -0.05) is 11.6 Å². The number of amides is 1. The number of halogens is 1. The number of ketones is 1. The van der Waals surface area contributed by atoms with Gasteiger partial charge in [-0.15, -0.1) is 0 Å². The van der Waals surface area contributed by atoms with Gasteiger partial charge in [-0.2, -0.15) is 0 Å². The quantitative estimate of drug-likeness (QED) is 0.846. The van der Waals surface area contributed by atoms with Gasteiger partial charge in [0, 0.05) is 34.3 Å². The maximum atomic E-state index is 12.3. The van der Waals surface area contributed by atoms with E-state index in [1.165, 1.54) is 0 Å². The first-order chi connectivity index (χ1) is 11.1. The first-order valence-electron chi connectivity index (χ1n) is 7.55. The lowest BCUT2D eigenvalue weighted by atomic mass is 9.97. The van der Waals surface area contributed by atoms with Crippen LogP contribution in [0.25, 0.3) is 0 Å². The van der Waals surface area contributed by atoms with E-state index in [1.807, 2.05) is 0 Å². The molecular weight excluding hydrogens is 312 g/mol. The largest absolute Gasteiger partial charge is 0.322 e. The molecule has 0 saturated carbocycles. The maximum Gasteiger partial charge on any atom is 0.255 e. The summed E-state index contributed by atoms with van der Waals surface area (Å²) in [4.78, 5) is 24.4. The molecule has 1 aliphatic rings. The van der Waals surface area contributed by atoms with E-state index in [9.17, 15) is 9.59 Å². The second-order valence-corrected chi connectivity index (χ2v) is 6.03. The fourth-order valence-electron chi connectivity index (χ4n) is 2.64. The van der Waals surface area contributed by atoms with Crippen molar-refractivity contribution < 1.29 is 9.59 Å². The van der Waals surface area contributed by atoms with Crippen LogP contribution in [0.3, 0.4) is 0 Å². The Labute approximate surface area is 139 Å². The highest BCUT2D eigenvalue weighted by Crippen LogP contribution is 2.18. The van der Waals surface area contributed by atoms with Crippen LogP contribution < -0.4 is 10.6 Å². The molecule has 3 rings (SSSR count). The molecule has 1 amide bonds. The zero-order chi connectivity index (χ0) is 16.2. The summed E-state index contributed by atoms with van der Waals surface area (Å²) in [7, 11) is 0. The Balaban J connectivity index is 1.66. The van der Waals surface area contributed by atoms with Gasteiger partial charge < -0.3 is 10.6 Å². The first kappa shape index (κ1) is 15.7. The molecule has 4 nitrogen and oxygen atoms in total. The van der Waals surface area contributed by atoms with Crippen LogP contribution in [-0.4, -0.2) is 24.8 Å². The van der Waals surface area contributed by atoms with Gasteiger partial charge >= 0.3 is 0 Å². The molecule has 2 aromatic carbocycles. The summed E-state index contributed by atoms with van der Waals surface area (Å²) in [5.74, 6) is 0.0100. The van der Waals surface area contributed by atoms with Crippen molar-refractivity contribution in [1.29, 1.82) is 0 Å². The molecule has 23 heavy (non-hydrogen) atoms.